The van der Waals surface area contributed by atoms with Crippen molar-refractivity contribution in [3.05, 3.63) is 23.8 Å². The second kappa shape index (κ2) is 7.53. The number of ether oxygens (including phenoxy) is 2. The van der Waals surface area contributed by atoms with Gasteiger partial charge in [-0.1, -0.05) is 6.07 Å². The molecule has 0 heterocycles. The number of rotatable bonds is 8. The first kappa shape index (κ1) is 16.0. The minimum Gasteiger partial charge on any atom is -0.480 e. The van der Waals surface area contributed by atoms with E-state index < -0.39 is 19.2 Å². The molecular formula is C11H11F4NO4. The molecule has 0 aliphatic heterocycles. The zero-order valence-electron chi connectivity index (χ0n) is 9.98. The Hall–Kier alpha value is -2.03. The second-order valence-electron chi connectivity index (χ2n) is 3.52. The number of carboxylic acids is 1. The minimum atomic E-state index is -3.14. The van der Waals surface area contributed by atoms with Crippen molar-refractivity contribution < 1.29 is 36.9 Å². The number of hydrogen-bond donors (Lipinski definition) is 2. The zero-order valence-corrected chi connectivity index (χ0v) is 9.98. The highest BCUT2D eigenvalue weighted by molar-refractivity contribution is 5.69. The number of carbonyl (C=O) groups is 1. The van der Waals surface area contributed by atoms with Crippen LogP contribution in [-0.4, -0.2) is 30.8 Å². The SMILES string of the molecule is O=C(O)CNCc1ccc(OC(F)F)cc1OC(F)F. The summed E-state index contributed by atoms with van der Waals surface area (Å²) in [6.07, 6.45) is 0. The Morgan fingerprint density at radius 1 is 1.20 bits per heavy atom. The molecule has 0 radical (unpaired) electrons. The van der Waals surface area contributed by atoms with E-state index in [4.69, 9.17) is 5.11 Å². The van der Waals surface area contributed by atoms with E-state index in [2.05, 4.69) is 14.8 Å². The Labute approximate surface area is 111 Å². The standard InChI is InChI=1S/C11H11F4NO4/c12-10(13)19-7-2-1-6(4-16-5-9(17)18)8(3-7)20-11(14)15/h1-3,10-11,16H,4-5H2,(H,17,18). The normalized spacial score (nSPS) is 10.9. The topological polar surface area (TPSA) is 67.8 Å². The van der Waals surface area contributed by atoms with Crippen LogP contribution in [0, 0.1) is 0 Å². The smallest absolute Gasteiger partial charge is 0.387 e. The molecule has 0 saturated heterocycles. The van der Waals surface area contributed by atoms with E-state index in [1.807, 2.05) is 0 Å². The summed E-state index contributed by atoms with van der Waals surface area (Å²) in [7, 11) is 0. The molecule has 0 amide bonds. The van der Waals surface area contributed by atoms with E-state index >= 15 is 0 Å². The highest BCUT2D eigenvalue weighted by Crippen LogP contribution is 2.27. The molecule has 0 spiro atoms. The van der Waals surface area contributed by atoms with Gasteiger partial charge in [0.1, 0.15) is 11.5 Å². The first-order valence-electron chi connectivity index (χ1n) is 5.33. The van der Waals surface area contributed by atoms with Crippen molar-refractivity contribution in [1.82, 2.24) is 5.32 Å². The summed E-state index contributed by atoms with van der Waals surface area (Å²) in [6, 6.07) is 3.25. The summed E-state index contributed by atoms with van der Waals surface area (Å²) in [4.78, 5) is 10.3. The highest BCUT2D eigenvalue weighted by atomic mass is 19.3. The third-order valence-electron chi connectivity index (χ3n) is 2.07. The third kappa shape index (κ3) is 5.74. The monoisotopic (exact) mass is 297 g/mol. The minimum absolute atomic E-state index is 0.0800. The van der Waals surface area contributed by atoms with Gasteiger partial charge in [-0.3, -0.25) is 4.79 Å². The average molecular weight is 297 g/mol. The molecule has 0 aliphatic rings. The van der Waals surface area contributed by atoms with Gasteiger partial charge in [-0.05, 0) is 6.07 Å². The molecular weight excluding hydrogens is 286 g/mol. The molecule has 1 rings (SSSR count). The lowest BCUT2D eigenvalue weighted by atomic mass is 10.2. The number of benzene rings is 1. The maximum atomic E-state index is 12.2. The Morgan fingerprint density at radius 3 is 2.40 bits per heavy atom. The number of hydrogen-bond acceptors (Lipinski definition) is 4. The summed E-state index contributed by atoms with van der Waals surface area (Å²) in [5.41, 5.74) is 0.188. The van der Waals surface area contributed by atoms with Crippen molar-refractivity contribution in [2.24, 2.45) is 0 Å². The fourth-order valence-corrected chi connectivity index (χ4v) is 1.37. The van der Waals surface area contributed by atoms with E-state index in [9.17, 15) is 22.4 Å². The van der Waals surface area contributed by atoms with Gasteiger partial charge < -0.3 is 19.9 Å². The molecule has 0 bridgehead atoms. The Kier molecular flexibility index (Phi) is 6.04. The molecule has 2 N–H and O–H groups in total. The molecule has 9 heteroatoms. The maximum absolute atomic E-state index is 12.2. The first-order chi connectivity index (χ1) is 9.38. The number of aliphatic carboxylic acids is 1. The van der Waals surface area contributed by atoms with Gasteiger partial charge in [0.05, 0.1) is 6.54 Å². The number of carboxylic acid groups (broad SMARTS) is 1. The van der Waals surface area contributed by atoms with Crippen LogP contribution in [0.1, 0.15) is 5.56 Å². The molecule has 0 unspecified atom stereocenters. The summed E-state index contributed by atoms with van der Waals surface area (Å²) in [5, 5.41) is 10.9. The van der Waals surface area contributed by atoms with E-state index in [1.54, 1.807) is 0 Å². The Balaban J connectivity index is 2.82. The molecule has 5 nitrogen and oxygen atoms in total. The van der Waals surface area contributed by atoms with Crippen LogP contribution in [0.2, 0.25) is 0 Å². The van der Waals surface area contributed by atoms with Gasteiger partial charge in [-0.15, -0.1) is 0 Å². The lowest BCUT2D eigenvalue weighted by Crippen LogP contribution is -2.22. The zero-order chi connectivity index (χ0) is 15.1. The van der Waals surface area contributed by atoms with Crippen LogP contribution in [0.15, 0.2) is 18.2 Å². The van der Waals surface area contributed by atoms with Gasteiger partial charge in [-0.2, -0.15) is 17.6 Å². The molecule has 112 valence electrons. The molecule has 0 aliphatic carbocycles. The van der Waals surface area contributed by atoms with E-state index in [1.165, 1.54) is 6.07 Å². The van der Waals surface area contributed by atoms with Crippen molar-refractivity contribution in [2.45, 2.75) is 19.8 Å². The lowest BCUT2D eigenvalue weighted by Gasteiger charge is -2.13. The Morgan fingerprint density at radius 2 is 1.85 bits per heavy atom. The van der Waals surface area contributed by atoms with Crippen LogP contribution in [0.25, 0.3) is 0 Å². The summed E-state index contributed by atoms with van der Waals surface area (Å²) in [5.74, 6) is -1.83. The van der Waals surface area contributed by atoms with Gasteiger partial charge in [0.15, 0.2) is 0 Å². The quantitative estimate of drug-likeness (QED) is 0.719. The predicted molar refractivity (Wildman–Crippen MR) is 59.0 cm³/mol. The average Bonchev–Trinajstić information content (AvgIpc) is 2.29. The summed E-state index contributed by atoms with van der Waals surface area (Å²) in [6.45, 7) is -6.70. The molecule has 0 aromatic heterocycles. The van der Waals surface area contributed by atoms with Crippen molar-refractivity contribution in [3.8, 4) is 11.5 Å². The number of halogens is 4. The molecule has 1 aromatic carbocycles. The molecule has 0 fully saturated rings. The highest BCUT2D eigenvalue weighted by Gasteiger charge is 2.13. The molecule has 20 heavy (non-hydrogen) atoms. The van der Waals surface area contributed by atoms with Gasteiger partial charge in [0.2, 0.25) is 0 Å². The second-order valence-corrected chi connectivity index (χ2v) is 3.52. The molecule has 0 saturated carbocycles. The van der Waals surface area contributed by atoms with Crippen LogP contribution < -0.4 is 14.8 Å². The van der Waals surface area contributed by atoms with Gasteiger partial charge in [-0.25, -0.2) is 0 Å². The van der Waals surface area contributed by atoms with Crippen LogP contribution in [0.4, 0.5) is 17.6 Å². The summed E-state index contributed by atoms with van der Waals surface area (Å²) < 4.78 is 56.7. The van der Waals surface area contributed by atoms with E-state index in [0.29, 0.717) is 0 Å². The van der Waals surface area contributed by atoms with E-state index in [-0.39, 0.29) is 30.2 Å². The maximum Gasteiger partial charge on any atom is 0.387 e. The number of alkyl halides is 4. The van der Waals surface area contributed by atoms with Gasteiger partial charge in [0, 0.05) is 18.2 Å². The molecule has 1 aromatic rings. The van der Waals surface area contributed by atoms with Gasteiger partial charge >= 0.3 is 19.2 Å². The third-order valence-corrected chi connectivity index (χ3v) is 2.07. The van der Waals surface area contributed by atoms with Crippen molar-refractivity contribution in [2.75, 3.05) is 6.54 Å². The van der Waals surface area contributed by atoms with E-state index in [0.717, 1.165) is 12.1 Å². The predicted octanol–water partition coefficient (Wildman–Crippen LogP) is 2.06. The van der Waals surface area contributed by atoms with Crippen molar-refractivity contribution >= 4 is 5.97 Å². The Bertz CT molecular complexity index is 456. The fourth-order valence-electron chi connectivity index (χ4n) is 1.37. The largest absolute Gasteiger partial charge is 0.480 e. The van der Waals surface area contributed by atoms with Crippen LogP contribution in [-0.2, 0) is 11.3 Å². The van der Waals surface area contributed by atoms with Crippen LogP contribution in [0.3, 0.4) is 0 Å². The number of nitrogens with one attached hydrogen (secondary N) is 1. The van der Waals surface area contributed by atoms with Crippen LogP contribution >= 0.6 is 0 Å². The van der Waals surface area contributed by atoms with Crippen molar-refractivity contribution in [3.63, 3.8) is 0 Å². The first-order valence-corrected chi connectivity index (χ1v) is 5.33. The molecule has 0 atom stereocenters. The van der Waals surface area contributed by atoms with Crippen LogP contribution in [0.5, 0.6) is 11.5 Å². The van der Waals surface area contributed by atoms with Crippen molar-refractivity contribution in [1.29, 1.82) is 0 Å². The fraction of sp³-hybridized carbons (Fsp3) is 0.364. The summed E-state index contributed by atoms with van der Waals surface area (Å²) >= 11 is 0. The van der Waals surface area contributed by atoms with Gasteiger partial charge in [0.25, 0.3) is 0 Å². The lowest BCUT2D eigenvalue weighted by molar-refractivity contribution is -0.136.